The number of ether oxygens (including phenoxy) is 2. The average molecular weight is 277 g/mol. The van der Waals surface area contributed by atoms with Crippen LogP contribution in [0, 0.1) is 5.41 Å². The van der Waals surface area contributed by atoms with Crippen molar-refractivity contribution in [2.45, 2.75) is 20.4 Å². The van der Waals surface area contributed by atoms with E-state index in [0.29, 0.717) is 11.5 Å². The van der Waals surface area contributed by atoms with Crippen LogP contribution in [0.1, 0.15) is 19.6 Å². The molecular formula is C15H19NO4. The van der Waals surface area contributed by atoms with E-state index in [-0.39, 0.29) is 19.1 Å². The summed E-state index contributed by atoms with van der Waals surface area (Å²) in [6.07, 6.45) is 0. The van der Waals surface area contributed by atoms with Gasteiger partial charge in [0.05, 0.1) is 24.5 Å². The lowest BCUT2D eigenvalue weighted by atomic mass is 9.95. The number of furan rings is 1. The first-order valence-electron chi connectivity index (χ1n) is 6.41. The van der Waals surface area contributed by atoms with Gasteiger partial charge in [0, 0.05) is 0 Å². The number of carbonyl (C=O) groups is 1. The Kier molecular flexibility index (Phi) is 3.99. The molecule has 0 spiro atoms. The molecule has 0 unspecified atom stereocenters. The molecule has 0 aliphatic carbocycles. The van der Waals surface area contributed by atoms with Gasteiger partial charge < -0.3 is 19.6 Å². The molecule has 20 heavy (non-hydrogen) atoms. The number of para-hydroxylation sites is 1. The number of esters is 1. The molecule has 2 aromatic rings. The molecule has 0 aliphatic rings. The van der Waals surface area contributed by atoms with Gasteiger partial charge in [0.15, 0.2) is 11.5 Å². The van der Waals surface area contributed by atoms with Crippen molar-refractivity contribution >= 4 is 16.9 Å². The third kappa shape index (κ3) is 2.63. The molecule has 5 heteroatoms. The van der Waals surface area contributed by atoms with Crippen molar-refractivity contribution in [2.75, 3.05) is 13.7 Å². The van der Waals surface area contributed by atoms with Crippen molar-refractivity contribution < 1.29 is 18.7 Å². The van der Waals surface area contributed by atoms with Crippen molar-refractivity contribution in [3.8, 4) is 5.75 Å². The summed E-state index contributed by atoms with van der Waals surface area (Å²) in [6, 6.07) is 7.54. The second-order valence-corrected chi connectivity index (χ2v) is 5.22. The van der Waals surface area contributed by atoms with Crippen LogP contribution in [0.3, 0.4) is 0 Å². The van der Waals surface area contributed by atoms with Gasteiger partial charge in [-0.15, -0.1) is 0 Å². The highest BCUT2D eigenvalue weighted by Gasteiger charge is 2.30. The standard InChI is InChI=1S/C15H19NO4/c1-15(2,14(17)18-3)9-19-13-10-6-4-5-7-11(10)20-12(13)8-16/h4-7H,8-9,16H2,1-3H3. The second kappa shape index (κ2) is 5.54. The van der Waals surface area contributed by atoms with Crippen molar-refractivity contribution in [1.82, 2.24) is 0 Å². The van der Waals surface area contributed by atoms with E-state index in [1.54, 1.807) is 13.8 Å². The maximum Gasteiger partial charge on any atom is 0.314 e. The van der Waals surface area contributed by atoms with Crippen LogP contribution in [0.4, 0.5) is 0 Å². The number of nitrogens with two attached hydrogens (primary N) is 1. The minimum atomic E-state index is -0.737. The smallest absolute Gasteiger partial charge is 0.314 e. The Morgan fingerprint density at radius 2 is 2.05 bits per heavy atom. The Morgan fingerprint density at radius 3 is 2.70 bits per heavy atom. The van der Waals surface area contributed by atoms with E-state index in [1.165, 1.54) is 7.11 Å². The first kappa shape index (κ1) is 14.4. The van der Waals surface area contributed by atoms with E-state index in [2.05, 4.69) is 0 Å². The Labute approximate surface area is 117 Å². The average Bonchev–Trinajstić information content (AvgIpc) is 2.82. The van der Waals surface area contributed by atoms with Gasteiger partial charge in [0.2, 0.25) is 0 Å². The number of carbonyl (C=O) groups excluding carboxylic acids is 1. The minimum absolute atomic E-state index is 0.191. The lowest BCUT2D eigenvalue weighted by Gasteiger charge is -2.21. The van der Waals surface area contributed by atoms with Gasteiger partial charge >= 0.3 is 5.97 Å². The molecule has 1 aromatic heterocycles. The van der Waals surface area contributed by atoms with Gasteiger partial charge in [0.25, 0.3) is 0 Å². The van der Waals surface area contributed by atoms with Crippen molar-refractivity contribution in [3.63, 3.8) is 0 Å². The quantitative estimate of drug-likeness (QED) is 0.850. The van der Waals surface area contributed by atoms with Crippen LogP contribution < -0.4 is 10.5 Å². The molecule has 0 saturated carbocycles. The van der Waals surface area contributed by atoms with Crippen LogP contribution in [0.2, 0.25) is 0 Å². The highest BCUT2D eigenvalue weighted by atomic mass is 16.5. The second-order valence-electron chi connectivity index (χ2n) is 5.22. The Hall–Kier alpha value is -2.01. The fourth-order valence-electron chi connectivity index (χ4n) is 1.95. The van der Waals surface area contributed by atoms with Gasteiger partial charge in [-0.25, -0.2) is 0 Å². The molecule has 2 rings (SSSR count). The highest BCUT2D eigenvalue weighted by Crippen LogP contribution is 2.34. The lowest BCUT2D eigenvalue weighted by molar-refractivity contribution is -0.152. The van der Waals surface area contributed by atoms with E-state index in [4.69, 9.17) is 19.6 Å². The summed E-state index contributed by atoms with van der Waals surface area (Å²) < 4.78 is 16.2. The highest BCUT2D eigenvalue weighted by molar-refractivity contribution is 5.85. The number of hydrogen-bond donors (Lipinski definition) is 1. The maximum atomic E-state index is 11.7. The number of benzene rings is 1. The van der Waals surface area contributed by atoms with E-state index in [1.807, 2.05) is 24.3 Å². The van der Waals surface area contributed by atoms with Crippen LogP contribution in [0.15, 0.2) is 28.7 Å². The molecule has 5 nitrogen and oxygen atoms in total. The van der Waals surface area contributed by atoms with E-state index >= 15 is 0 Å². The molecule has 0 atom stereocenters. The third-order valence-corrected chi connectivity index (χ3v) is 3.12. The van der Waals surface area contributed by atoms with Crippen LogP contribution in [0.25, 0.3) is 11.0 Å². The van der Waals surface area contributed by atoms with Crippen LogP contribution in [-0.2, 0) is 16.1 Å². The van der Waals surface area contributed by atoms with Crippen molar-refractivity contribution in [3.05, 3.63) is 30.0 Å². The largest absolute Gasteiger partial charge is 0.488 e. The fraction of sp³-hybridized carbons (Fsp3) is 0.400. The first-order valence-corrected chi connectivity index (χ1v) is 6.41. The summed E-state index contributed by atoms with van der Waals surface area (Å²) in [4.78, 5) is 11.7. The summed E-state index contributed by atoms with van der Waals surface area (Å²) in [5.41, 5.74) is 5.66. The normalized spacial score (nSPS) is 11.6. The Morgan fingerprint density at radius 1 is 1.35 bits per heavy atom. The molecule has 0 saturated heterocycles. The third-order valence-electron chi connectivity index (χ3n) is 3.12. The van der Waals surface area contributed by atoms with Gasteiger partial charge in [-0.1, -0.05) is 12.1 Å². The molecule has 0 amide bonds. The molecule has 108 valence electrons. The Bertz CT molecular complexity index is 615. The molecule has 0 aliphatic heterocycles. The number of rotatable bonds is 5. The summed E-state index contributed by atoms with van der Waals surface area (Å²) in [5, 5.41) is 0.855. The fourth-order valence-corrected chi connectivity index (χ4v) is 1.95. The van der Waals surface area contributed by atoms with Crippen molar-refractivity contribution in [1.29, 1.82) is 0 Å². The molecule has 1 heterocycles. The number of methoxy groups -OCH3 is 1. The van der Waals surface area contributed by atoms with Crippen LogP contribution in [0.5, 0.6) is 5.75 Å². The van der Waals surface area contributed by atoms with E-state index in [0.717, 1.165) is 11.0 Å². The van der Waals surface area contributed by atoms with Gasteiger partial charge in [-0.05, 0) is 26.0 Å². The zero-order valence-corrected chi connectivity index (χ0v) is 11.9. The predicted octanol–water partition coefficient (Wildman–Crippen LogP) is 2.47. The molecule has 0 fully saturated rings. The SMILES string of the molecule is COC(=O)C(C)(C)COc1c(CN)oc2ccccc12. The number of hydrogen-bond acceptors (Lipinski definition) is 5. The van der Waals surface area contributed by atoms with E-state index in [9.17, 15) is 4.79 Å². The summed E-state index contributed by atoms with van der Waals surface area (Å²) >= 11 is 0. The molecule has 2 N–H and O–H groups in total. The Balaban J connectivity index is 2.27. The topological polar surface area (TPSA) is 74.7 Å². The summed E-state index contributed by atoms with van der Waals surface area (Å²) in [5.74, 6) is 0.853. The monoisotopic (exact) mass is 277 g/mol. The number of fused-ring (bicyclic) bond motifs is 1. The predicted molar refractivity (Wildman–Crippen MR) is 75.4 cm³/mol. The molecule has 1 aromatic carbocycles. The summed E-state index contributed by atoms with van der Waals surface area (Å²) in [7, 11) is 1.36. The van der Waals surface area contributed by atoms with Crippen molar-refractivity contribution in [2.24, 2.45) is 11.1 Å². The summed E-state index contributed by atoms with van der Waals surface area (Å²) in [6.45, 7) is 3.96. The zero-order valence-electron chi connectivity index (χ0n) is 11.9. The van der Waals surface area contributed by atoms with E-state index < -0.39 is 5.41 Å². The molecular weight excluding hydrogens is 258 g/mol. The maximum absolute atomic E-state index is 11.7. The van der Waals surface area contributed by atoms with Crippen LogP contribution >= 0.6 is 0 Å². The first-order chi connectivity index (χ1) is 9.49. The van der Waals surface area contributed by atoms with Gasteiger partial charge in [0.1, 0.15) is 12.2 Å². The van der Waals surface area contributed by atoms with Crippen LogP contribution in [-0.4, -0.2) is 19.7 Å². The zero-order chi connectivity index (χ0) is 14.8. The molecule has 0 bridgehead atoms. The van der Waals surface area contributed by atoms with Gasteiger partial charge in [-0.2, -0.15) is 0 Å². The molecule has 0 radical (unpaired) electrons. The van der Waals surface area contributed by atoms with Gasteiger partial charge in [-0.3, -0.25) is 4.79 Å². The minimum Gasteiger partial charge on any atom is -0.488 e. The lowest BCUT2D eigenvalue weighted by Crippen LogP contribution is -2.32.